The third kappa shape index (κ3) is 3.13. The lowest BCUT2D eigenvalue weighted by molar-refractivity contribution is -0.114. The summed E-state index contributed by atoms with van der Waals surface area (Å²) in [6.07, 6.45) is 2.43. The second-order valence-corrected chi connectivity index (χ2v) is 5.20. The van der Waals surface area contributed by atoms with Crippen molar-refractivity contribution in [2.75, 3.05) is 10.6 Å². The van der Waals surface area contributed by atoms with Gasteiger partial charge in [0.25, 0.3) is 0 Å². The van der Waals surface area contributed by atoms with Gasteiger partial charge in [-0.1, -0.05) is 18.5 Å². The van der Waals surface area contributed by atoms with Crippen molar-refractivity contribution in [3.8, 4) is 0 Å². The van der Waals surface area contributed by atoms with E-state index >= 15 is 0 Å². The molecule has 1 aromatic rings. The molecule has 1 saturated carbocycles. The first-order chi connectivity index (χ1) is 8.04. The molecular weight excluding hydrogens is 236 g/mol. The molecule has 1 aliphatic rings. The number of hydrogen-bond donors (Lipinski definition) is 2. The Kier molecular flexibility index (Phi) is 3.57. The van der Waals surface area contributed by atoms with Crippen LogP contribution in [0.25, 0.3) is 0 Å². The molecule has 0 unspecified atom stereocenters. The van der Waals surface area contributed by atoms with Gasteiger partial charge in [-0.05, 0) is 37.0 Å². The fourth-order valence-electron chi connectivity index (χ4n) is 2.15. The highest BCUT2D eigenvalue weighted by Crippen LogP contribution is 2.31. The van der Waals surface area contributed by atoms with Gasteiger partial charge in [-0.15, -0.1) is 0 Å². The molecule has 0 spiro atoms. The monoisotopic (exact) mass is 252 g/mol. The summed E-state index contributed by atoms with van der Waals surface area (Å²) in [5.74, 6) is 0.710. The third-order valence-electron chi connectivity index (χ3n) is 3.02. The summed E-state index contributed by atoms with van der Waals surface area (Å²) in [7, 11) is 0. The minimum Gasteiger partial charge on any atom is -0.382 e. The molecule has 0 atom stereocenters. The minimum atomic E-state index is -0.111. The summed E-state index contributed by atoms with van der Waals surface area (Å²) in [5.41, 5.74) is 1.67. The van der Waals surface area contributed by atoms with Crippen LogP contribution in [0.4, 0.5) is 11.4 Å². The normalized spacial score (nSPS) is 22.8. The standard InChI is InChI=1S/C13H17ClN2O/c1-8-5-11(6-8)16-10-3-4-13(12(14)7-10)15-9(2)17/h3-4,7-8,11,16H,5-6H2,1-2H3,(H,15,17). The summed E-state index contributed by atoms with van der Waals surface area (Å²) in [4.78, 5) is 10.9. The van der Waals surface area contributed by atoms with Crippen LogP contribution in [0.15, 0.2) is 18.2 Å². The van der Waals surface area contributed by atoms with Gasteiger partial charge in [0.15, 0.2) is 0 Å². The molecule has 1 aromatic carbocycles. The SMILES string of the molecule is CC(=O)Nc1ccc(NC2CC(C)C2)cc1Cl. The molecule has 0 radical (unpaired) electrons. The lowest BCUT2D eigenvalue weighted by Crippen LogP contribution is -2.33. The van der Waals surface area contributed by atoms with E-state index in [9.17, 15) is 4.79 Å². The van der Waals surface area contributed by atoms with Gasteiger partial charge >= 0.3 is 0 Å². The maximum Gasteiger partial charge on any atom is 0.221 e. The largest absolute Gasteiger partial charge is 0.382 e. The van der Waals surface area contributed by atoms with E-state index < -0.39 is 0 Å². The Bertz CT molecular complexity index is 427. The molecule has 1 amide bonds. The Hall–Kier alpha value is -1.22. The number of halogens is 1. The van der Waals surface area contributed by atoms with E-state index in [4.69, 9.17) is 11.6 Å². The number of hydrogen-bond acceptors (Lipinski definition) is 2. The molecule has 4 heteroatoms. The van der Waals surface area contributed by atoms with Crippen molar-refractivity contribution in [3.05, 3.63) is 23.2 Å². The predicted octanol–water partition coefficient (Wildman–Crippen LogP) is 3.51. The summed E-state index contributed by atoms with van der Waals surface area (Å²) < 4.78 is 0. The number of rotatable bonds is 3. The topological polar surface area (TPSA) is 41.1 Å². The summed E-state index contributed by atoms with van der Waals surface area (Å²) in [6, 6.07) is 6.19. The van der Waals surface area contributed by atoms with Gasteiger partial charge in [-0.3, -0.25) is 4.79 Å². The molecule has 0 heterocycles. The number of amides is 1. The summed E-state index contributed by atoms with van der Waals surface area (Å²) in [6.45, 7) is 3.73. The van der Waals surface area contributed by atoms with Crippen LogP contribution < -0.4 is 10.6 Å². The molecule has 0 aromatic heterocycles. The second-order valence-electron chi connectivity index (χ2n) is 4.79. The predicted molar refractivity (Wildman–Crippen MR) is 71.6 cm³/mol. The quantitative estimate of drug-likeness (QED) is 0.864. The zero-order chi connectivity index (χ0) is 12.4. The molecule has 1 aliphatic carbocycles. The first-order valence-corrected chi connectivity index (χ1v) is 6.26. The summed E-state index contributed by atoms with van der Waals surface area (Å²) in [5, 5.41) is 6.69. The van der Waals surface area contributed by atoms with Gasteiger partial charge in [-0.2, -0.15) is 0 Å². The molecule has 1 fully saturated rings. The molecule has 3 nitrogen and oxygen atoms in total. The Morgan fingerprint density at radius 2 is 2.12 bits per heavy atom. The van der Waals surface area contributed by atoms with E-state index in [1.807, 2.05) is 18.2 Å². The van der Waals surface area contributed by atoms with Crippen molar-refractivity contribution in [1.29, 1.82) is 0 Å². The van der Waals surface area contributed by atoms with Crippen LogP contribution >= 0.6 is 11.6 Å². The number of carbonyl (C=O) groups is 1. The Balaban J connectivity index is 2.00. The lowest BCUT2D eigenvalue weighted by Gasteiger charge is -2.34. The molecule has 2 N–H and O–H groups in total. The van der Waals surface area contributed by atoms with Gasteiger partial charge in [0.05, 0.1) is 10.7 Å². The average Bonchev–Trinajstić information content (AvgIpc) is 2.19. The van der Waals surface area contributed by atoms with E-state index in [0.29, 0.717) is 16.8 Å². The Morgan fingerprint density at radius 1 is 1.41 bits per heavy atom. The Labute approximate surface area is 107 Å². The van der Waals surface area contributed by atoms with E-state index in [1.165, 1.54) is 19.8 Å². The molecule has 92 valence electrons. The van der Waals surface area contributed by atoms with Crippen LogP contribution in [0.2, 0.25) is 5.02 Å². The van der Waals surface area contributed by atoms with Crippen LogP contribution in [0.5, 0.6) is 0 Å². The highest BCUT2D eigenvalue weighted by molar-refractivity contribution is 6.34. The van der Waals surface area contributed by atoms with Crippen LogP contribution in [0.3, 0.4) is 0 Å². The van der Waals surface area contributed by atoms with Crippen LogP contribution in [-0.2, 0) is 4.79 Å². The van der Waals surface area contributed by atoms with Gasteiger partial charge in [0.2, 0.25) is 5.91 Å². The van der Waals surface area contributed by atoms with Crippen LogP contribution in [-0.4, -0.2) is 11.9 Å². The number of carbonyl (C=O) groups excluding carboxylic acids is 1. The zero-order valence-electron chi connectivity index (χ0n) is 10.1. The maximum atomic E-state index is 10.9. The lowest BCUT2D eigenvalue weighted by atomic mass is 9.82. The zero-order valence-corrected chi connectivity index (χ0v) is 10.8. The van der Waals surface area contributed by atoms with E-state index in [-0.39, 0.29) is 5.91 Å². The molecule has 0 bridgehead atoms. The van der Waals surface area contributed by atoms with Crippen LogP contribution in [0.1, 0.15) is 26.7 Å². The van der Waals surface area contributed by atoms with Gasteiger partial charge < -0.3 is 10.6 Å². The van der Waals surface area contributed by atoms with Crippen molar-refractivity contribution in [2.45, 2.75) is 32.7 Å². The molecule has 0 aliphatic heterocycles. The summed E-state index contributed by atoms with van der Waals surface area (Å²) >= 11 is 6.09. The minimum absolute atomic E-state index is 0.111. The van der Waals surface area contributed by atoms with E-state index in [2.05, 4.69) is 17.6 Å². The van der Waals surface area contributed by atoms with Crippen molar-refractivity contribution in [1.82, 2.24) is 0 Å². The highest BCUT2D eigenvalue weighted by Gasteiger charge is 2.24. The van der Waals surface area contributed by atoms with E-state index in [0.717, 1.165) is 11.6 Å². The molecule has 17 heavy (non-hydrogen) atoms. The van der Waals surface area contributed by atoms with Crippen molar-refractivity contribution in [3.63, 3.8) is 0 Å². The number of nitrogens with one attached hydrogen (secondary N) is 2. The van der Waals surface area contributed by atoms with Crippen molar-refractivity contribution >= 4 is 28.9 Å². The highest BCUT2D eigenvalue weighted by atomic mass is 35.5. The van der Waals surface area contributed by atoms with Crippen LogP contribution in [0, 0.1) is 5.92 Å². The van der Waals surface area contributed by atoms with Crippen molar-refractivity contribution in [2.24, 2.45) is 5.92 Å². The van der Waals surface area contributed by atoms with Gasteiger partial charge in [-0.25, -0.2) is 0 Å². The van der Waals surface area contributed by atoms with Gasteiger partial charge in [0, 0.05) is 18.7 Å². The Morgan fingerprint density at radius 3 is 2.65 bits per heavy atom. The molecule has 2 rings (SSSR count). The fraction of sp³-hybridized carbons (Fsp3) is 0.462. The first kappa shape index (κ1) is 12.2. The van der Waals surface area contributed by atoms with Gasteiger partial charge in [0.1, 0.15) is 0 Å². The number of benzene rings is 1. The average molecular weight is 253 g/mol. The second kappa shape index (κ2) is 4.96. The number of anilines is 2. The third-order valence-corrected chi connectivity index (χ3v) is 3.34. The first-order valence-electron chi connectivity index (χ1n) is 5.88. The maximum absolute atomic E-state index is 10.9. The fourth-order valence-corrected chi connectivity index (χ4v) is 2.38. The molecular formula is C13H17ClN2O. The molecule has 0 saturated heterocycles. The van der Waals surface area contributed by atoms with Crippen molar-refractivity contribution < 1.29 is 4.79 Å². The van der Waals surface area contributed by atoms with E-state index in [1.54, 1.807) is 0 Å². The smallest absolute Gasteiger partial charge is 0.221 e.